The minimum Gasteiger partial charge on any atom is -0.378 e. The summed E-state index contributed by atoms with van der Waals surface area (Å²) in [6.45, 7) is 4.26. The maximum absolute atomic E-state index is 13.4. The summed E-state index contributed by atoms with van der Waals surface area (Å²) in [5.74, 6) is 1.88. The summed E-state index contributed by atoms with van der Waals surface area (Å²) in [6, 6.07) is 17.9. The van der Waals surface area contributed by atoms with Crippen molar-refractivity contribution in [3.8, 4) is 11.3 Å². The molecule has 6 rings (SSSR count). The Hall–Kier alpha value is -3.98. The van der Waals surface area contributed by atoms with Crippen LogP contribution in [0.15, 0.2) is 67.0 Å². The van der Waals surface area contributed by atoms with E-state index in [1.807, 2.05) is 52.9 Å². The van der Waals surface area contributed by atoms with E-state index in [2.05, 4.69) is 33.0 Å². The SMILES string of the molecule is CN1CCN(c2cc(N3CCOCC3)n3nc(-c4ccncc4)cc3n2)C(Cc2ccccc2)C1=O. The van der Waals surface area contributed by atoms with E-state index in [9.17, 15) is 4.79 Å². The lowest BCUT2D eigenvalue weighted by Gasteiger charge is -2.40. The number of fused-ring (bicyclic) bond motifs is 1. The predicted octanol–water partition coefficient (Wildman–Crippen LogP) is 2.52. The van der Waals surface area contributed by atoms with Crippen LogP contribution in [0.1, 0.15) is 5.56 Å². The van der Waals surface area contributed by atoms with Crippen molar-refractivity contribution in [3.63, 3.8) is 0 Å². The maximum atomic E-state index is 13.4. The molecule has 0 radical (unpaired) electrons. The molecule has 5 heterocycles. The van der Waals surface area contributed by atoms with Crippen molar-refractivity contribution >= 4 is 23.2 Å². The Kier molecular flexibility index (Phi) is 5.98. The molecule has 1 amide bonds. The van der Waals surface area contributed by atoms with E-state index < -0.39 is 0 Å². The molecule has 9 heteroatoms. The summed E-state index contributed by atoms with van der Waals surface area (Å²) in [5.41, 5.74) is 3.72. The molecule has 3 aromatic heterocycles. The highest BCUT2D eigenvalue weighted by molar-refractivity contribution is 5.87. The van der Waals surface area contributed by atoms with Gasteiger partial charge in [0.2, 0.25) is 5.91 Å². The fraction of sp³-hybridized carbons (Fsp3) is 0.333. The van der Waals surface area contributed by atoms with Gasteiger partial charge in [0, 0.05) is 69.7 Å². The number of anilines is 2. The number of ether oxygens (including phenoxy) is 1. The van der Waals surface area contributed by atoms with Crippen LogP contribution in [0.2, 0.25) is 0 Å². The number of hydrogen-bond acceptors (Lipinski definition) is 7. The Balaban J connectivity index is 1.45. The van der Waals surface area contributed by atoms with Gasteiger partial charge in [0.05, 0.1) is 18.9 Å². The zero-order chi connectivity index (χ0) is 24.5. The second-order valence-electron chi connectivity index (χ2n) is 9.27. The average Bonchev–Trinajstić information content (AvgIpc) is 3.37. The largest absolute Gasteiger partial charge is 0.378 e. The first kappa shape index (κ1) is 22.5. The highest BCUT2D eigenvalue weighted by Gasteiger charge is 2.35. The summed E-state index contributed by atoms with van der Waals surface area (Å²) in [4.78, 5) is 28.8. The van der Waals surface area contributed by atoms with E-state index >= 15 is 0 Å². The number of likely N-dealkylation sites (N-methyl/N-ethyl adjacent to an activating group) is 1. The zero-order valence-corrected chi connectivity index (χ0v) is 20.3. The van der Waals surface area contributed by atoms with E-state index in [4.69, 9.17) is 14.8 Å². The van der Waals surface area contributed by atoms with Crippen molar-refractivity contribution in [2.24, 2.45) is 0 Å². The molecule has 2 aliphatic heterocycles. The fourth-order valence-corrected chi connectivity index (χ4v) is 4.99. The summed E-state index contributed by atoms with van der Waals surface area (Å²) in [5, 5.41) is 4.91. The first-order chi connectivity index (χ1) is 17.7. The lowest BCUT2D eigenvalue weighted by Crippen LogP contribution is -2.57. The van der Waals surface area contributed by atoms with Crippen LogP contribution in [0.25, 0.3) is 16.9 Å². The normalized spacial score (nSPS) is 18.8. The van der Waals surface area contributed by atoms with E-state index in [0.717, 1.165) is 53.7 Å². The Morgan fingerprint density at radius 2 is 1.75 bits per heavy atom. The highest BCUT2D eigenvalue weighted by atomic mass is 16.5. The van der Waals surface area contributed by atoms with Gasteiger partial charge >= 0.3 is 0 Å². The van der Waals surface area contributed by atoms with Crippen LogP contribution < -0.4 is 9.80 Å². The van der Waals surface area contributed by atoms with Crippen LogP contribution >= 0.6 is 0 Å². The lowest BCUT2D eigenvalue weighted by molar-refractivity contribution is -0.132. The summed E-state index contributed by atoms with van der Waals surface area (Å²) < 4.78 is 7.52. The van der Waals surface area contributed by atoms with Crippen LogP contribution in [-0.2, 0) is 16.0 Å². The number of amides is 1. The molecule has 1 atom stereocenters. The van der Waals surface area contributed by atoms with Gasteiger partial charge in [0.1, 0.15) is 17.7 Å². The number of piperazine rings is 1. The molecule has 4 aromatic rings. The number of pyridine rings is 1. The number of benzene rings is 1. The first-order valence-corrected chi connectivity index (χ1v) is 12.4. The van der Waals surface area contributed by atoms with Crippen molar-refractivity contribution in [1.29, 1.82) is 0 Å². The summed E-state index contributed by atoms with van der Waals surface area (Å²) in [7, 11) is 1.88. The van der Waals surface area contributed by atoms with Gasteiger partial charge in [-0.25, -0.2) is 4.98 Å². The van der Waals surface area contributed by atoms with Gasteiger partial charge in [-0.1, -0.05) is 30.3 Å². The molecule has 0 saturated carbocycles. The van der Waals surface area contributed by atoms with Gasteiger partial charge in [0.15, 0.2) is 5.65 Å². The number of carbonyl (C=O) groups is 1. The predicted molar refractivity (Wildman–Crippen MR) is 138 cm³/mol. The number of aromatic nitrogens is 4. The number of carbonyl (C=O) groups excluding carboxylic acids is 1. The Bertz CT molecular complexity index is 1350. The van der Waals surface area contributed by atoms with Crippen LogP contribution in [0, 0.1) is 0 Å². The molecule has 2 aliphatic rings. The molecule has 2 fully saturated rings. The van der Waals surface area contributed by atoms with Crippen LogP contribution in [0.4, 0.5) is 11.6 Å². The van der Waals surface area contributed by atoms with Gasteiger partial charge in [-0.2, -0.15) is 9.61 Å². The highest BCUT2D eigenvalue weighted by Crippen LogP contribution is 2.29. The van der Waals surface area contributed by atoms with Gasteiger partial charge in [-0.15, -0.1) is 0 Å². The van der Waals surface area contributed by atoms with E-state index in [1.165, 1.54) is 0 Å². The van der Waals surface area contributed by atoms with E-state index in [1.54, 1.807) is 12.4 Å². The second kappa shape index (κ2) is 9.58. The molecule has 9 nitrogen and oxygen atoms in total. The van der Waals surface area contributed by atoms with Gasteiger partial charge in [0.25, 0.3) is 0 Å². The van der Waals surface area contributed by atoms with Crippen molar-refractivity contribution in [1.82, 2.24) is 24.5 Å². The van der Waals surface area contributed by atoms with Crippen molar-refractivity contribution < 1.29 is 9.53 Å². The lowest BCUT2D eigenvalue weighted by atomic mass is 10.0. The minimum atomic E-state index is -0.318. The number of rotatable bonds is 5. The third-order valence-electron chi connectivity index (χ3n) is 6.99. The molecule has 0 bridgehead atoms. The van der Waals surface area contributed by atoms with Crippen molar-refractivity contribution in [2.75, 3.05) is 56.2 Å². The molecule has 0 N–H and O–H groups in total. The van der Waals surface area contributed by atoms with Crippen LogP contribution in [0.3, 0.4) is 0 Å². The van der Waals surface area contributed by atoms with Gasteiger partial charge in [-0.05, 0) is 17.7 Å². The molecule has 184 valence electrons. The van der Waals surface area contributed by atoms with Crippen LogP contribution in [-0.4, -0.2) is 82.9 Å². The second-order valence-corrected chi connectivity index (χ2v) is 9.27. The monoisotopic (exact) mass is 483 g/mol. The van der Waals surface area contributed by atoms with Crippen molar-refractivity contribution in [2.45, 2.75) is 12.5 Å². The minimum absolute atomic E-state index is 0.116. The van der Waals surface area contributed by atoms with Crippen molar-refractivity contribution in [3.05, 3.63) is 72.6 Å². The Morgan fingerprint density at radius 3 is 2.53 bits per heavy atom. The summed E-state index contributed by atoms with van der Waals surface area (Å²) >= 11 is 0. The molecule has 36 heavy (non-hydrogen) atoms. The smallest absolute Gasteiger partial charge is 0.245 e. The van der Waals surface area contributed by atoms with Crippen LogP contribution in [0.5, 0.6) is 0 Å². The molecule has 1 unspecified atom stereocenters. The van der Waals surface area contributed by atoms with E-state index in [-0.39, 0.29) is 11.9 Å². The Morgan fingerprint density at radius 1 is 0.972 bits per heavy atom. The molecule has 0 aliphatic carbocycles. The molecule has 2 saturated heterocycles. The third-order valence-corrected chi connectivity index (χ3v) is 6.99. The van der Waals surface area contributed by atoms with Gasteiger partial charge < -0.3 is 19.4 Å². The molecule has 1 aromatic carbocycles. The molecular weight excluding hydrogens is 454 g/mol. The van der Waals surface area contributed by atoms with E-state index in [0.29, 0.717) is 26.2 Å². The topological polar surface area (TPSA) is 79.1 Å². The fourth-order valence-electron chi connectivity index (χ4n) is 4.99. The maximum Gasteiger partial charge on any atom is 0.245 e. The quantitative estimate of drug-likeness (QED) is 0.432. The first-order valence-electron chi connectivity index (χ1n) is 12.4. The summed E-state index contributed by atoms with van der Waals surface area (Å²) in [6.07, 6.45) is 4.17. The molecule has 0 spiro atoms. The number of morpholine rings is 1. The van der Waals surface area contributed by atoms with Gasteiger partial charge in [-0.3, -0.25) is 9.78 Å². The number of hydrogen-bond donors (Lipinski definition) is 0. The molecular formula is C27H29N7O2. The average molecular weight is 484 g/mol. The zero-order valence-electron chi connectivity index (χ0n) is 20.3. The standard InChI is InChI=1S/C27H29N7O2/c1-31-11-12-33(23(27(31)35)17-20-5-3-2-4-6-20)24-19-26(32-13-15-36-16-14-32)34-25(29-24)18-22(30-34)21-7-9-28-10-8-21/h2-10,18-19,23H,11-17H2,1H3. The Labute approximate surface area is 209 Å². The third kappa shape index (κ3) is 4.26. The number of nitrogens with zero attached hydrogens (tertiary/aromatic N) is 7.